The van der Waals surface area contributed by atoms with Crippen LogP contribution in [0.4, 0.5) is 0 Å². The molecule has 0 aliphatic carbocycles. The molecule has 1 atom stereocenters. The van der Waals surface area contributed by atoms with E-state index in [1.54, 1.807) is 11.3 Å². The standard InChI is InChI=1S/C21H24N2O2S/c1-23-14-16(17-5-2-3-6-18(17)23)13-20(24)22-21(19-7-4-12-26-19)15-8-10-25-11-9-15/h2-7,12,14-15,21H,8-11,13H2,1H3,(H,22,24). The van der Waals surface area contributed by atoms with Crippen molar-refractivity contribution in [1.82, 2.24) is 9.88 Å². The number of nitrogens with one attached hydrogen (secondary N) is 1. The van der Waals surface area contributed by atoms with Crippen molar-refractivity contribution in [3.63, 3.8) is 0 Å². The number of hydrogen-bond donors (Lipinski definition) is 1. The Hall–Kier alpha value is -2.11. The molecule has 0 radical (unpaired) electrons. The summed E-state index contributed by atoms with van der Waals surface area (Å²) in [6.07, 6.45) is 4.47. The van der Waals surface area contributed by atoms with Gasteiger partial charge in [-0.05, 0) is 41.8 Å². The molecule has 3 heterocycles. The molecule has 2 aromatic heterocycles. The zero-order chi connectivity index (χ0) is 17.9. The zero-order valence-corrected chi connectivity index (χ0v) is 15.8. The van der Waals surface area contributed by atoms with Gasteiger partial charge >= 0.3 is 0 Å². The van der Waals surface area contributed by atoms with E-state index in [0.717, 1.165) is 42.5 Å². The van der Waals surface area contributed by atoms with Crippen LogP contribution in [-0.4, -0.2) is 23.7 Å². The van der Waals surface area contributed by atoms with Crippen molar-refractivity contribution >= 4 is 28.1 Å². The van der Waals surface area contributed by atoms with Gasteiger partial charge in [0.15, 0.2) is 0 Å². The number of carbonyl (C=O) groups is 1. The van der Waals surface area contributed by atoms with Crippen LogP contribution in [0.25, 0.3) is 10.9 Å². The number of carbonyl (C=O) groups excluding carboxylic acids is 1. The molecule has 3 aromatic rings. The van der Waals surface area contributed by atoms with Gasteiger partial charge in [-0.25, -0.2) is 0 Å². The van der Waals surface area contributed by atoms with E-state index >= 15 is 0 Å². The number of thiophene rings is 1. The van der Waals surface area contributed by atoms with E-state index in [4.69, 9.17) is 4.74 Å². The van der Waals surface area contributed by atoms with Crippen molar-refractivity contribution in [1.29, 1.82) is 0 Å². The molecule has 4 rings (SSSR count). The van der Waals surface area contributed by atoms with Crippen LogP contribution < -0.4 is 5.32 Å². The first-order valence-electron chi connectivity index (χ1n) is 9.16. The Kier molecular flexibility index (Phi) is 5.09. The van der Waals surface area contributed by atoms with Gasteiger partial charge in [0.05, 0.1) is 12.5 Å². The predicted molar refractivity (Wildman–Crippen MR) is 105 cm³/mol. The topological polar surface area (TPSA) is 43.3 Å². The summed E-state index contributed by atoms with van der Waals surface area (Å²) in [6, 6.07) is 12.5. The van der Waals surface area contributed by atoms with Crippen LogP contribution in [0.15, 0.2) is 48.0 Å². The Labute approximate surface area is 157 Å². The van der Waals surface area contributed by atoms with Gasteiger partial charge in [-0.1, -0.05) is 24.3 Å². The van der Waals surface area contributed by atoms with Crippen LogP contribution in [0.5, 0.6) is 0 Å². The molecule has 1 aliphatic heterocycles. The lowest BCUT2D eigenvalue weighted by atomic mass is 9.90. The largest absolute Gasteiger partial charge is 0.381 e. The Balaban J connectivity index is 1.52. The van der Waals surface area contributed by atoms with Gasteiger partial charge in [0.1, 0.15) is 0 Å². The van der Waals surface area contributed by atoms with E-state index in [-0.39, 0.29) is 11.9 Å². The molecule has 4 nitrogen and oxygen atoms in total. The molecule has 1 unspecified atom stereocenters. The fourth-order valence-electron chi connectivity index (χ4n) is 3.90. The van der Waals surface area contributed by atoms with Crippen molar-refractivity contribution in [2.45, 2.75) is 25.3 Å². The van der Waals surface area contributed by atoms with Crippen LogP contribution in [0.2, 0.25) is 0 Å². The number of ether oxygens (including phenoxy) is 1. The van der Waals surface area contributed by atoms with Gasteiger partial charge in [0.25, 0.3) is 0 Å². The first-order chi connectivity index (χ1) is 12.7. The smallest absolute Gasteiger partial charge is 0.225 e. The highest BCUT2D eigenvalue weighted by molar-refractivity contribution is 7.10. The van der Waals surface area contributed by atoms with E-state index in [0.29, 0.717) is 12.3 Å². The molecule has 1 saturated heterocycles. The minimum absolute atomic E-state index is 0.0846. The number of para-hydroxylation sites is 1. The molecule has 0 spiro atoms. The average molecular weight is 369 g/mol. The second kappa shape index (κ2) is 7.64. The average Bonchev–Trinajstić information content (AvgIpc) is 3.30. The van der Waals surface area contributed by atoms with E-state index in [1.807, 2.05) is 19.2 Å². The molecule has 136 valence electrons. The van der Waals surface area contributed by atoms with Crippen LogP contribution in [0.3, 0.4) is 0 Å². The summed E-state index contributed by atoms with van der Waals surface area (Å²) in [5.41, 5.74) is 2.24. The SMILES string of the molecule is Cn1cc(CC(=O)NC(c2cccs2)C2CCOCC2)c2ccccc21. The van der Waals surface area contributed by atoms with Gasteiger partial charge in [-0.2, -0.15) is 0 Å². The number of rotatable bonds is 5. The summed E-state index contributed by atoms with van der Waals surface area (Å²) in [5.74, 6) is 0.533. The summed E-state index contributed by atoms with van der Waals surface area (Å²) < 4.78 is 7.60. The van der Waals surface area contributed by atoms with Gasteiger partial charge in [-0.3, -0.25) is 4.79 Å². The summed E-state index contributed by atoms with van der Waals surface area (Å²) >= 11 is 1.72. The predicted octanol–water partition coefficient (Wildman–Crippen LogP) is 4.07. The van der Waals surface area contributed by atoms with Crippen LogP contribution in [0.1, 0.15) is 29.3 Å². The number of benzene rings is 1. The maximum Gasteiger partial charge on any atom is 0.225 e. The lowest BCUT2D eigenvalue weighted by Crippen LogP contribution is -2.36. The number of hydrogen-bond acceptors (Lipinski definition) is 3. The fraction of sp³-hybridized carbons (Fsp3) is 0.381. The maximum absolute atomic E-state index is 12.9. The zero-order valence-electron chi connectivity index (χ0n) is 15.0. The van der Waals surface area contributed by atoms with E-state index in [1.165, 1.54) is 4.88 Å². The van der Waals surface area contributed by atoms with Gasteiger partial charge in [-0.15, -0.1) is 11.3 Å². The second-order valence-corrected chi connectivity index (χ2v) is 7.95. The second-order valence-electron chi connectivity index (χ2n) is 6.97. The Morgan fingerprint density at radius 3 is 2.85 bits per heavy atom. The van der Waals surface area contributed by atoms with Crippen LogP contribution in [-0.2, 0) is 23.0 Å². The molecule has 1 aliphatic rings. The third-order valence-electron chi connectivity index (χ3n) is 5.23. The summed E-state index contributed by atoms with van der Waals surface area (Å²) in [6.45, 7) is 1.57. The highest BCUT2D eigenvalue weighted by atomic mass is 32.1. The first kappa shape index (κ1) is 17.3. The molecule has 0 saturated carbocycles. The lowest BCUT2D eigenvalue weighted by molar-refractivity contribution is -0.121. The van der Waals surface area contributed by atoms with Gasteiger partial charge in [0.2, 0.25) is 5.91 Å². The Morgan fingerprint density at radius 1 is 1.27 bits per heavy atom. The van der Waals surface area contributed by atoms with E-state index in [2.05, 4.69) is 45.7 Å². The Morgan fingerprint density at radius 2 is 2.08 bits per heavy atom. The lowest BCUT2D eigenvalue weighted by Gasteiger charge is -2.30. The quantitative estimate of drug-likeness (QED) is 0.738. The van der Waals surface area contributed by atoms with Crippen molar-refractivity contribution < 1.29 is 9.53 Å². The molecule has 0 bridgehead atoms. The van der Waals surface area contributed by atoms with Crippen molar-refractivity contribution in [3.05, 3.63) is 58.4 Å². The number of aryl methyl sites for hydroxylation is 1. The highest BCUT2D eigenvalue weighted by Gasteiger charge is 2.27. The normalized spacial score (nSPS) is 16.7. The molecule has 26 heavy (non-hydrogen) atoms. The van der Waals surface area contributed by atoms with Gasteiger partial charge < -0.3 is 14.6 Å². The number of nitrogens with zero attached hydrogens (tertiary/aromatic N) is 1. The van der Waals surface area contributed by atoms with Crippen LogP contribution >= 0.6 is 11.3 Å². The summed E-state index contributed by atoms with van der Waals surface area (Å²) in [5, 5.41) is 6.56. The van der Waals surface area contributed by atoms with Crippen LogP contribution in [0, 0.1) is 5.92 Å². The molecule has 1 N–H and O–H groups in total. The first-order valence-corrected chi connectivity index (χ1v) is 10.0. The molecule has 1 aromatic carbocycles. The monoisotopic (exact) mass is 368 g/mol. The molecular weight excluding hydrogens is 344 g/mol. The minimum atomic E-state index is 0.0846. The molecular formula is C21H24N2O2S. The maximum atomic E-state index is 12.9. The highest BCUT2D eigenvalue weighted by Crippen LogP contribution is 2.32. The number of fused-ring (bicyclic) bond motifs is 1. The number of amides is 1. The number of aromatic nitrogens is 1. The minimum Gasteiger partial charge on any atom is -0.381 e. The van der Waals surface area contributed by atoms with E-state index < -0.39 is 0 Å². The summed E-state index contributed by atoms with van der Waals surface area (Å²) in [7, 11) is 2.03. The molecule has 1 amide bonds. The third-order valence-corrected chi connectivity index (χ3v) is 6.19. The fourth-order valence-corrected chi connectivity index (χ4v) is 4.77. The molecule has 1 fully saturated rings. The molecule has 5 heteroatoms. The third kappa shape index (κ3) is 3.55. The van der Waals surface area contributed by atoms with Crippen molar-refractivity contribution in [2.75, 3.05) is 13.2 Å². The summed E-state index contributed by atoms with van der Waals surface area (Å²) in [4.78, 5) is 14.1. The van der Waals surface area contributed by atoms with Crippen molar-refractivity contribution in [2.24, 2.45) is 13.0 Å². The Bertz CT molecular complexity index is 879. The van der Waals surface area contributed by atoms with E-state index in [9.17, 15) is 4.79 Å². The van der Waals surface area contributed by atoms with Crippen molar-refractivity contribution in [3.8, 4) is 0 Å². The van der Waals surface area contributed by atoms with Gasteiger partial charge in [0, 0.05) is 42.2 Å².